The molecule has 2 aromatic heterocycles. The number of rotatable bonds is 3. The molecule has 1 saturated heterocycles. The number of imidazole rings is 2. The molecule has 1 unspecified atom stereocenters. The fourth-order valence-electron chi connectivity index (χ4n) is 3.37. The average Bonchev–Trinajstić information content (AvgIpc) is 3.29. The lowest BCUT2D eigenvalue weighted by molar-refractivity contribution is -0.117. The van der Waals surface area contributed by atoms with E-state index in [4.69, 9.17) is 0 Å². The van der Waals surface area contributed by atoms with Crippen molar-refractivity contribution in [2.45, 2.75) is 32.7 Å². The van der Waals surface area contributed by atoms with Gasteiger partial charge in [0.05, 0.1) is 0 Å². The van der Waals surface area contributed by atoms with Crippen molar-refractivity contribution in [3.63, 3.8) is 0 Å². The molecule has 1 aliphatic rings. The first-order chi connectivity index (χ1) is 12.0. The molecule has 1 amide bonds. The lowest BCUT2D eigenvalue weighted by Gasteiger charge is -2.22. The summed E-state index contributed by atoms with van der Waals surface area (Å²) in [6.45, 7) is 4.07. The predicted molar refractivity (Wildman–Crippen MR) is 96.7 cm³/mol. The molecule has 3 heterocycles. The zero-order chi connectivity index (χ0) is 17.6. The summed E-state index contributed by atoms with van der Waals surface area (Å²) in [7, 11) is 1.97. The minimum atomic E-state index is 0.201. The molecule has 3 aromatic rings. The fraction of sp³-hybridized carbons (Fsp3) is 0.316. The van der Waals surface area contributed by atoms with Gasteiger partial charge in [-0.2, -0.15) is 0 Å². The predicted octanol–water partition coefficient (Wildman–Crippen LogP) is 3.10. The van der Waals surface area contributed by atoms with Gasteiger partial charge in [-0.3, -0.25) is 9.36 Å². The van der Waals surface area contributed by atoms with E-state index in [1.165, 1.54) is 0 Å². The monoisotopic (exact) mass is 335 g/mol. The van der Waals surface area contributed by atoms with Crippen molar-refractivity contribution in [3.8, 4) is 17.2 Å². The van der Waals surface area contributed by atoms with Crippen LogP contribution in [0.3, 0.4) is 0 Å². The van der Waals surface area contributed by atoms with Gasteiger partial charge in [0.25, 0.3) is 0 Å². The molecule has 1 aliphatic heterocycles. The van der Waals surface area contributed by atoms with Gasteiger partial charge in [-0.1, -0.05) is 0 Å². The third-order valence-corrected chi connectivity index (χ3v) is 4.87. The van der Waals surface area contributed by atoms with E-state index in [0.717, 1.165) is 35.1 Å². The van der Waals surface area contributed by atoms with Gasteiger partial charge in [-0.05, 0) is 44.5 Å². The number of aryl methyl sites for hydroxylation is 2. The molecule has 0 spiro atoms. The minimum Gasteiger partial charge on any atom is -0.337 e. The Hall–Kier alpha value is -2.89. The Balaban J connectivity index is 1.68. The van der Waals surface area contributed by atoms with Gasteiger partial charge in [0, 0.05) is 49.5 Å². The Bertz CT molecular complexity index is 902. The van der Waals surface area contributed by atoms with Gasteiger partial charge in [-0.15, -0.1) is 0 Å². The van der Waals surface area contributed by atoms with Crippen molar-refractivity contribution < 1.29 is 4.79 Å². The van der Waals surface area contributed by atoms with Crippen molar-refractivity contribution in [1.82, 2.24) is 19.1 Å². The number of hydrogen-bond acceptors (Lipinski definition) is 3. The molecule has 1 fully saturated rings. The Labute approximate surface area is 146 Å². The van der Waals surface area contributed by atoms with E-state index in [9.17, 15) is 4.79 Å². The van der Waals surface area contributed by atoms with Gasteiger partial charge in [0.2, 0.25) is 5.91 Å². The maximum Gasteiger partial charge on any atom is 0.227 e. The highest BCUT2D eigenvalue weighted by molar-refractivity contribution is 5.96. The van der Waals surface area contributed by atoms with Crippen LogP contribution in [0.15, 0.2) is 42.9 Å². The molecule has 25 heavy (non-hydrogen) atoms. The SMILES string of the molecule is Cc1nc(-c2nccn2-c2ccc(N3C(=O)CCC3C)cc2)cn1C. The van der Waals surface area contributed by atoms with E-state index in [1.54, 1.807) is 6.20 Å². The minimum absolute atomic E-state index is 0.201. The standard InChI is InChI=1S/C19H21N5O/c1-13-4-9-18(25)24(13)16-7-5-15(6-8-16)23-11-10-20-19(23)17-12-22(3)14(2)21-17/h5-8,10-13H,4,9H2,1-3H3. The molecule has 128 valence electrons. The normalized spacial score (nSPS) is 17.5. The van der Waals surface area contributed by atoms with Crippen LogP contribution in [-0.2, 0) is 11.8 Å². The summed E-state index contributed by atoms with van der Waals surface area (Å²) < 4.78 is 4.00. The van der Waals surface area contributed by atoms with Gasteiger partial charge in [-0.25, -0.2) is 9.97 Å². The number of nitrogens with zero attached hydrogens (tertiary/aromatic N) is 5. The van der Waals surface area contributed by atoms with Crippen LogP contribution in [0, 0.1) is 6.92 Å². The van der Waals surface area contributed by atoms with Crippen LogP contribution in [0.5, 0.6) is 0 Å². The van der Waals surface area contributed by atoms with Gasteiger partial charge in [0.15, 0.2) is 5.82 Å². The molecule has 6 heteroatoms. The van der Waals surface area contributed by atoms with E-state index >= 15 is 0 Å². The smallest absolute Gasteiger partial charge is 0.227 e. The fourth-order valence-corrected chi connectivity index (χ4v) is 3.37. The summed E-state index contributed by atoms with van der Waals surface area (Å²) in [6.07, 6.45) is 7.24. The Morgan fingerprint density at radius 3 is 2.48 bits per heavy atom. The van der Waals surface area contributed by atoms with Gasteiger partial charge >= 0.3 is 0 Å². The molecule has 0 bridgehead atoms. The third kappa shape index (κ3) is 2.63. The van der Waals surface area contributed by atoms with Crippen molar-refractivity contribution in [3.05, 3.63) is 48.7 Å². The first-order valence-corrected chi connectivity index (χ1v) is 8.51. The maximum atomic E-state index is 12.1. The zero-order valence-corrected chi connectivity index (χ0v) is 14.7. The molecule has 1 atom stereocenters. The second kappa shape index (κ2) is 5.88. The maximum absolute atomic E-state index is 12.1. The molecule has 1 aromatic carbocycles. The Morgan fingerprint density at radius 1 is 1.16 bits per heavy atom. The van der Waals surface area contributed by atoms with Crippen LogP contribution in [-0.4, -0.2) is 31.1 Å². The second-order valence-corrected chi connectivity index (χ2v) is 6.57. The van der Waals surface area contributed by atoms with Gasteiger partial charge in [0.1, 0.15) is 11.5 Å². The van der Waals surface area contributed by atoms with Gasteiger partial charge < -0.3 is 9.47 Å². The molecular formula is C19H21N5O. The first kappa shape index (κ1) is 15.6. The van der Waals surface area contributed by atoms with E-state index in [-0.39, 0.29) is 11.9 Å². The second-order valence-electron chi connectivity index (χ2n) is 6.57. The molecule has 0 saturated carbocycles. The average molecular weight is 335 g/mol. The number of hydrogen-bond donors (Lipinski definition) is 0. The van der Waals surface area contributed by atoms with Crippen LogP contribution in [0.2, 0.25) is 0 Å². The van der Waals surface area contributed by atoms with Crippen molar-refractivity contribution in [1.29, 1.82) is 0 Å². The molecule has 0 radical (unpaired) electrons. The first-order valence-electron chi connectivity index (χ1n) is 8.51. The highest BCUT2D eigenvalue weighted by Gasteiger charge is 2.28. The summed E-state index contributed by atoms with van der Waals surface area (Å²) in [5, 5.41) is 0. The number of anilines is 1. The van der Waals surface area contributed by atoms with Crippen LogP contribution >= 0.6 is 0 Å². The highest BCUT2D eigenvalue weighted by Crippen LogP contribution is 2.28. The number of carbonyl (C=O) groups excluding carboxylic acids is 1. The van der Waals surface area contributed by atoms with Crippen molar-refractivity contribution in [2.24, 2.45) is 7.05 Å². The van der Waals surface area contributed by atoms with E-state index < -0.39 is 0 Å². The van der Waals surface area contributed by atoms with Crippen LogP contribution < -0.4 is 4.90 Å². The number of aromatic nitrogens is 4. The summed E-state index contributed by atoms with van der Waals surface area (Å²) >= 11 is 0. The van der Waals surface area contributed by atoms with Crippen molar-refractivity contribution in [2.75, 3.05) is 4.90 Å². The lowest BCUT2D eigenvalue weighted by Crippen LogP contribution is -2.30. The molecule has 0 aliphatic carbocycles. The number of amides is 1. The van der Waals surface area contributed by atoms with E-state index in [0.29, 0.717) is 6.42 Å². The topological polar surface area (TPSA) is 56.0 Å². The third-order valence-electron chi connectivity index (χ3n) is 4.87. The molecule has 6 nitrogen and oxygen atoms in total. The molecular weight excluding hydrogens is 314 g/mol. The lowest BCUT2D eigenvalue weighted by atomic mass is 10.2. The molecule has 4 rings (SSSR count). The van der Waals surface area contributed by atoms with Crippen LogP contribution in [0.1, 0.15) is 25.6 Å². The summed E-state index contributed by atoms with van der Waals surface area (Å²) in [6, 6.07) is 8.31. The Morgan fingerprint density at radius 2 is 1.88 bits per heavy atom. The Kier molecular flexibility index (Phi) is 3.67. The van der Waals surface area contributed by atoms with Crippen molar-refractivity contribution >= 4 is 11.6 Å². The van der Waals surface area contributed by atoms with Crippen LogP contribution in [0.25, 0.3) is 17.2 Å². The number of carbonyl (C=O) groups is 1. The van der Waals surface area contributed by atoms with E-state index in [2.05, 4.69) is 16.9 Å². The number of benzene rings is 1. The quantitative estimate of drug-likeness (QED) is 0.739. The highest BCUT2D eigenvalue weighted by atomic mass is 16.2. The summed E-state index contributed by atoms with van der Waals surface area (Å²) in [5.41, 5.74) is 2.80. The largest absolute Gasteiger partial charge is 0.337 e. The van der Waals surface area contributed by atoms with Crippen LogP contribution in [0.4, 0.5) is 5.69 Å². The van der Waals surface area contributed by atoms with E-state index in [1.807, 2.05) is 64.7 Å². The molecule has 0 N–H and O–H groups in total. The zero-order valence-electron chi connectivity index (χ0n) is 14.7. The summed E-state index contributed by atoms with van der Waals surface area (Å²) in [5.74, 6) is 1.95. The summed E-state index contributed by atoms with van der Waals surface area (Å²) in [4.78, 5) is 23.0.